The predicted octanol–water partition coefficient (Wildman–Crippen LogP) is 6.70. The number of amides is 1. The number of rotatable bonds is 6. The number of benzene rings is 3. The van der Waals surface area contributed by atoms with Gasteiger partial charge in [-0.2, -0.15) is 10.4 Å². The van der Waals surface area contributed by atoms with E-state index in [9.17, 15) is 10.1 Å². The zero-order valence-electron chi connectivity index (χ0n) is 17.2. The summed E-state index contributed by atoms with van der Waals surface area (Å²) >= 11 is 19.2. The third-order valence-electron chi connectivity index (χ3n) is 4.65. The Morgan fingerprint density at radius 1 is 1.06 bits per heavy atom. The number of anilines is 1. The van der Waals surface area contributed by atoms with E-state index >= 15 is 0 Å². The second-order valence-electron chi connectivity index (χ2n) is 6.77. The minimum Gasteiger partial charge on any atom is -0.495 e. The van der Waals surface area contributed by atoms with Crippen LogP contribution in [0.15, 0.2) is 65.8 Å². The third kappa shape index (κ3) is 5.23. The van der Waals surface area contributed by atoms with Crippen molar-refractivity contribution < 1.29 is 9.53 Å². The van der Waals surface area contributed by atoms with E-state index in [1.807, 2.05) is 30.3 Å². The number of hydrogen-bond acceptors (Lipinski definition) is 4. The lowest BCUT2D eigenvalue weighted by Crippen LogP contribution is -2.22. The molecule has 0 bridgehead atoms. The fourth-order valence-electron chi connectivity index (χ4n) is 3.12. The zero-order valence-corrected chi connectivity index (χ0v) is 19.5. The smallest absolute Gasteiger partial charge is 0.244 e. The molecule has 3 rings (SSSR count). The summed E-state index contributed by atoms with van der Waals surface area (Å²) in [5, 5.41) is 16.2. The van der Waals surface area contributed by atoms with Gasteiger partial charge in [0.2, 0.25) is 5.91 Å². The van der Waals surface area contributed by atoms with Crippen molar-refractivity contribution in [1.29, 1.82) is 5.26 Å². The summed E-state index contributed by atoms with van der Waals surface area (Å²) in [7, 11) is 1.49. The first kappa shape index (κ1) is 23.6. The topological polar surface area (TPSA) is 65.7 Å². The number of ether oxygens (including phenoxy) is 1. The maximum atomic E-state index is 12.2. The van der Waals surface area contributed by atoms with Crippen LogP contribution in [-0.4, -0.2) is 19.2 Å². The molecule has 0 fully saturated rings. The van der Waals surface area contributed by atoms with Crippen molar-refractivity contribution >= 4 is 52.6 Å². The summed E-state index contributed by atoms with van der Waals surface area (Å²) < 4.78 is 5.25. The molecule has 0 aromatic heterocycles. The molecular formula is C24H18Cl3N3O2. The number of halogens is 3. The van der Waals surface area contributed by atoms with Crippen LogP contribution < -0.4 is 9.75 Å². The van der Waals surface area contributed by atoms with Crippen molar-refractivity contribution in [3.05, 3.63) is 92.4 Å². The molecule has 8 heteroatoms. The number of carbonyl (C=O) groups excluding carboxylic acids is 1. The van der Waals surface area contributed by atoms with Gasteiger partial charge in [0.05, 0.1) is 36.0 Å². The maximum absolute atomic E-state index is 12.2. The lowest BCUT2D eigenvalue weighted by Gasteiger charge is -2.20. The predicted molar refractivity (Wildman–Crippen MR) is 129 cm³/mol. The van der Waals surface area contributed by atoms with Crippen LogP contribution in [0.4, 0.5) is 5.69 Å². The summed E-state index contributed by atoms with van der Waals surface area (Å²) in [5.41, 5.74) is 2.25. The van der Waals surface area contributed by atoms with Gasteiger partial charge < -0.3 is 4.74 Å². The summed E-state index contributed by atoms with van der Waals surface area (Å²) in [5.74, 6) is -0.656. The molecule has 3 aromatic carbocycles. The van der Waals surface area contributed by atoms with Gasteiger partial charge >= 0.3 is 0 Å². The summed E-state index contributed by atoms with van der Waals surface area (Å²) in [4.78, 5) is 12.2. The minimum atomic E-state index is -0.770. The fourth-order valence-corrected chi connectivity index (χ4v) is 4.01. The number of carbonyl (C=O) groups is 1. The summed E-state index contributed by atoms with van der Waals surface area (Å²) in [6, 6.07) is 19.7. The molecule has 5 nitrogen and oxygen atoms in total. The Balaban J connectivity index is 2.01. The number of methoxy groups -OCH3 is 1. The molecule has 0 N–H and O–H groups in total. The van der Waals surface area contributed by atoms with Crippen LogP contribution in [0.5, 0.6) is 5.75 Å². The van der Waals surface area contributed by atoms with E-state index < -0.39 is 5.92 Å². The Labute approximate surface area is 201 Å². The second kappa shape index (κ2) is 10.5. The first-order valence-electron chi connectivity index (χ1n) is 9.47. The molecule has 0 aliphatic heterocycles. The van der Waals surface area contributed by atoms with Gasteiger partial charge in [-0.25, -0.2) is 5.01 Å². The van der Waals surface area contributed by atoms with Crippen molar-refractivity contribution in [3.8, 4) is 11.8 Å². The van der Waals surface area contributed by atoms with Crippen molar-refractivity contribution in [2.75, 3.05) is 12.1 Å². The molecule has 1 atom stereocenters. The average Bonchev–Trinajstić information content (AvgIpc) is 2.77. The lowest BCUT2D eigenvalue weighted by molar-refractivity contribution is -0.116. The van der Waals surface area contributed by atoms with E-state index in [1.165, 1.54) is 19.0 Å². The quantitative estimate of drug-likeness (QED) is 0.288. The Morgan fingerprint density at radius 3 is 2.28 bits per heavy atom. The van der Waals surface area contributed by atoms with Crippen molar-refractivity contribution in [2.45, 2.75) is 12.8 Å². The van der Waals surface area contributed by atoms with Crippen LogP contribution >= 0.6 is 34.8 Å². The van der Waals surface area contributed by atoms with Gasteiger partial charge in [0, 0.05) is 22.5 Å². The van der Waals surface area contributed by atoms with Gasteiger partial charge in [-0.3, -0.25) is 4.79 Å². The second-order valence-corrected chi connectivity index (χ2v) is 7.99. The van der Waals surface area contributed by atoms with E-state index in [2.05, 4.69) is 11.2 Å². The minimum absolute atomic E-state index is 0.231. The highest BCUT2D eigenvalue weighted by atomic mass is 35.5. The van der Waals surface area contributed by atoms with Crippen molar-refractivity contribution in [2.24, 2.45) is 5.10 Å². The first-order chi connectivity index (χ1) is 15.3. The molecule has 0 aliphatic carbocycles. The van der Waals surface area contributed by atoms with Crippen LogP contribution in [0.1, 0.15) is 29.5 Å². The van der Waals surface area contributed by atoms with Crippen LogP contribution in [0.25, 0.3) is 0 Å². The number of hydrogen-bond donors (Lipinski definition) is 0. The van der Waals surface area contributed by atoms with Gasteiger partial charge in [0.15, 0.2) is 0 Å². The fraction of sp³-hybridized carbons (Fsp3) is 0.125. The highest BCUT2D eigenvalue weighted by molar-refractivity contribution is 6.37. The number of nitrogens with zero attached hydrogens (tertiary/aromatic N) is 3. The SMILES string of the molecule is COc1cc(C(C#N)c2c(Cl)cc(N(/N=C/c3ccccc3)C(C)=O)cc2Cl)ccc1Cl. The Morgan fingerprint density at radius 2 is 1.72 bits per heavy atom. The maximum Gasteiger partial charge on any atom is 0.244 e. The number of nitriles is 1. The van der Waals surface area contributed by atoms with Gasteiger partial charge in [-0.1, -0.05) is 71.2 Å². The van der Waals surface area contributed by atoms with Gasteiger partial charge in [0.25, 0.3) is 0 Å². The Hall–Kier alpha value is -3.04. The van der Waals surface area contributed by atoms with Gasteiger partial charge in [-0.15, -0.1) is 0 Å². The van der Waals surface area contributed by atoms with Crippen molar-refractivity contribution in [1.82, 2.24) is 0 Å². The van der Waals surface area contributed by atoms with E-state index in [1.54, 1.807) is 36.5 Å². The largest absolute Gasteiger partial charge is 0.495 e. The average molecular weight is 487 g/mol. The molecule has 32 heavy (non-hydrogen) atoms. The van der Waals surface area contributed by atoms with Crippen LogP contribution in [0, 0.1) is 11.3 Å². The standard InChI is InChI=1S/C24H18Cl3N3O2/c1-15(31)30(29-14-16-6-4-3-5-7-16)18-11-21(26)24(22(27)12-18)19(13-28)17-8-9-20(25)23(10-17)32-2/h3-12,14,19H,1-2H3/b29-14+. The van der Waals surface area contributed by atoms with E-state index in [4.69, 9.17) is 39.5 Å². The van der Waals surface area contributed by atoms with Crippen LogP contribution in [-0.2, 0) is 4.79 Å². The Bertz CT molecular complexity index is 1180. The monoisotopic (exact) mass is 485 g/mol. The van der Waals surface area contributed by atoms with E-state index in [0.29, 0.717) is 27.6 Å². The molecule has 0 saturated carbocycles. The molecular weight excluding hydrogens is 469 g/mol. The molecule has 0 aliphatic rings. The van der Waals surface area contributed by atoms with Crippen molar-refractivity contribution in [3.63, 3.8) is 0 Å². The highest BCUT2D eigenvalue weighted by Gasteiger charge is 2.23. The summed E-state index contributed by atoms with van der Waals surface area (Å²) in [6.07, 6.45) is 1.56. The van der Waals surface area contributed by atoms with Crippen LogP contribution in [0.2, 0.25) is 15.1 Å². The molecule has 0 radical (unpaired) electrons. The lowest BCUT2D eigenvalue weighted by atomic mass is 9.92. The molecule has 1 amide bonds. The Kier molecular flexibility index (Phi) is 7.76. The first-order valence-corrected chi connectivity index (χ1v) is 10.6. The van der Waals surface area contributed by atoms with Crippen LogP contribution in [0.3, 0.4) is 0 Å². The van der Waals surface area contributed by atoms with E-state index in [-0.39, 0.29) is 16.0 Å². The van der Waals surface area contributed by atoms with Gasteiger partial charge in [0.1, 0.15) is 5.75 Å². The van der Waals surface area contributed by atoms with Gasteiger partial charge in [-0.05, 0) is 35.4 Å². The molecule has 162 valence electrons. The molecule has 0 heterocycles. The zero-order chi connectivity index (χ0) is 23.3. The normalized spacial score (nSPS) is 11.8. The highest BCUT2D eigenvalue weighted by Crippen LogP contribution is 2.40. The molecule has 1 unspecified atom stereocenters. The molecule has 3 aromatic rings. The summed E-state index contributed by atoms with van der Waals surface area (Å²) in [6.45, 7) is 1.39. The number of hydrazone groups is 1. The molecule has 0 spiro atoms. The van der Waals surface area contributed by atoms with E-state index in [0.717, 1.165) is 5.56 Å². The third-order valence-corrected chi connectivity index (χ3v) is 5.59. The molecule has 0 saturated heterocycles.